The molecule has 0 spiro atoms. The predicted molar refractivity (Wildman–Crippen MR) is 109 cm³/mol. The summed E-state index contributed by atoms with van der Waals surface area (Å²) in [4.78, 5) is 21.3. The minimum absolute atomic E-state index is 0.0794. The average molecular weight is 434 g/mol. The second kappa shape index (κ2) is 8.10. The minimum atomic E-state index is -4.56. The molecule has 164 valence electrons. The van der Waals surface area contributed by atoms with Crippen LogP contribution in [-0.2, 0) is 10.9 Å². The molecule has 0 atom stereocenters. The molecule has 3 heterocycles. The van der Waals surface area contributed by atoms with Gasteiger partial charge in [-0.1, -0.05) is 0 Å². The molecule has 2 aromatic heterocycles. The van der Waals surface area contributed by atoms with E-state index in [0.717, 1.165) is 6.20 Å². The summed E-state index contributed by atoms with van der Waals surface area (Å²) in [6, 6.07) is 4.93. The van der Waals surface area contributed by atoms with Crippen molar-refractivity contribution in [1.82, 2.24) is 14.9 Å². The number of amides is 1. The Hall–Kier alpha value is -3.27. The highest BCUT2D eigenvalue weighted by atomic mass is 19.4. The number of morpholine rings is 1. The fourth-order valence-electron chi connectivity index (χ4n) is 3.78. The summed E-state index contributed by atoms with van der Waals surface area (Å²) in [6.45, 7) is 1.97. The average Bonchev–Trinajstić information content (AvgIpc) is 3.21. The molecule has 4 rings (SSSR count). The van der Waals surface area contributed by atoms with E-state index >= 15 is 0 Å². The van der Waals surface area contributed by atoms with Crippen LogP contribution >= 0.6 is 0 Å². The first kappa shape index (κ1) is 21.0. The van der Waals surface area contributed by atoms with Gasteiger partial charge in [-0.25, -0.2) is 4.98 Å². The number of methoxy groups -OCH3 is 1. The Bertz CT molecular complexity index is 1120. The van der Waals surface area contributed by atoms with Crippen molar-refractivity contribution in [3.8, 4) is 16.9 Å². The van der Waals surface area contributed by atoms with Crippen LogP contribution in [0.5, 0.6) is 5.75 Å². The number of ether oxygens (including phenoxy) is 2. The molecule has 2 N–H and O–H groups in total. The van der Waals surface area contributed by atoms with E-state index in [0.29, 0.717) is 59.8 Å². The number of nitrogens with zero attached hydrogens (tertiary/aromatic N) is 2. The van der Waals surface area contributed by atoms with Crippen molar-refractivity contribution in [3.05, 3.63) is 41.7 Å². The van der Waals surface area contributed by atoms with E-state index < -0.39 is 11.7 Å². The molecule has 31 heavy (non-hydrogen) atoms. The first-order chi connectivity index (χ1) is 14.8. The van der Waals surface area contributed by atoms with Crippen molar-refractivity contribution < 1.29 is 27.4 Å². The summed E-state index contributed by atoms with van der Waals surface area (Å²) in [6.07, 6.45) is -2.18. The van der Waals surface area contributed by atoms with Crippen molar-refractivity contribution in [2.24, 2.45) is 0 Å². The van der Waals surface area contributed by atoms with Crippen LogP contribution in [0.4, 0.5) is 18.9 Å². The molecule has 1 aliphatic heterocycles. The Morgan fingerprint density at radius 2 is 2.00 bits per heavy atom. The van der Waals surface area contributed by atoms with Gasteiger partial charge in [-0.3, -0.25) is 4.79 Å². The van der Waals surface area contributed by atoms with Crippen LogP contribution in [0.15, 0.2) is 30.6 Å². The van der Waals surface area contributed by atoms with Gasteiger partial charge >= 0.3 is 6.18 Å². The number of pyridine rings is 1. The molecule has 0 bridgehead atoms. The Morgan fingerprint density at radius 1 is 1.26 bits per heavy atom. The number of aromatic amines is 1. The Kier molecular flexibility index (Phi) is 5.48. The lowest BCUT2D eigenvalue weighted by atomic mass is 10.00. The van der Waals surface area contributed by atoms with E-state index in [1.54, 1.807) is 29.3 Å². The highest BCUT2D eigenvalue weighted by Gasteiger charge is 2.35. The van der Waals surface area contributed by atoms with Crippen LogP contribution in [0, 0.1) is 0 Å². The van der Waals surface area contributed by atoms with E-state index in [1.165, 1.54) is 14.2 Å². The lowest BCUT2D eigenvalue weighted by molar-refractivity contribution is -0.137. The number of rotatable bonds is 4. The lowest BCUT2D eigenvalue weighted by Crippen LogP contribution is -2.40. The van der Waals surface area contributed by atoms with Crippen molar-refractivity contribution in [2.75, 3.05) is 45.8 Å². The first-order valence-corrected chi connectivity index (χ1v) is 9.65. The van der Waals surface area contributed by atoms with Crippen LogP contribution in [0.25, 0.3) is 22.2 Å². The zero-order chi connectivity index (χ0) is 22.2. The number of carbonyl (C=O) groups excluding carboxylic acids is 1. The van der Waals surface area contributed by atoms with Crippen molar-refractivity contribution in [2.45, 2.75) is 6.18 Å². The van der Waals surface area contributed by atoms with Crippen LogP contribution in [0.1, 0.15) is 15.9 Å². The summed E-state index contributed by atoms with van der Waals surface area (Å²) >= 11 is 0. The van der Waals surface area contributed by atoms with Crippen molar-refractivity contribution >= 4 is 22.6 Å². The predicted octanol–water partition coefficient (Wildman–Crippen LogP) is 3.77. The summed E-state index contributed by atoms with van der Waals surface area (Å²) < 4.78 is 51.3. The molecule has 1 fully saturated rings. The standard InChI is InChI=1S/C21H21F3N4O3/c1-25-18-15(21(22,23)24)11-27-19-17(18)14(10-26-19)13-4-3-12(9-16(13)30-2)20(29)28-5-7-31-8-6-28/h3-4,9-11H,5-8H2,1-2H3,(H2,25,26,27). The quantitative estimate of drug-likeness (QED) is 0.654. The van der Waals surface area contributed by atoms with Gasteiger partial charge in [0.2, 0.25) is 0 Å². The van der Waals surface area contributed by atoms with E-state index in [4.69, 9.17) is 9.47 Å². The normalized spacial score (nSPS) is 14.7. The number of hydrogen-bond acceptors (Lipinski definition) is 5. The summed E-state index contributed by atoms with van der Waals surface area (Å²) in [7, 11) is 2.89. The fourth-order valence-corrected chi connectivity index (χ4v) is 3.78. The van der Waals surface area contributed by atoms with Gasteiger partial charge in [0.05, 0.1) is 37.0 Å². The molecule has 1 aromatic carbocycles. The third kappa shape index (κ3) is 3.78. The molecule has 1 aliphatic rings. The smallest absolute Gasteiger partial charge is 0.419 e. The molecule has 0 aliphatic carbocycles. The molecule has 0 unspecified atom stereocenters. The van der Waals surface area contributed by atoms with Crippen LogP contribution < -0.4 is 10.1 Å². The van der Waals surface area contributed by atoms with E-state index in [2.05, 4.69) is 15.3 Å². The molecular weight excluding hydrogens is 413 g/mol. The molecule has 10 heteroatoms. The summed E-state index contributed by atoms with van der Waals surface area (Å²) in [5.74, 6) is 0.225. The van der Waals surface area contributed by atoms with Gasteiger partial charge in [-0.15, -0.1) is 0 Å². The lowest BCUT2D eigenvalue weighted by Gasteiger charge is -2.27. The Labute approximate surface area is 176 Å². The second-order valence-electron chi connectivity index (χ2n) is 7.04. The maximum atomic E-state index is 13.5. The number of aromatic nitrogens is 2. The summed E-state index contributed by atoms with van der Waals surface area (Å²) in [5.41, 5.74) is 0.837. The second-order valence-corrected chi connectivity index (χ2v) is 7.04. The van der Waals surface area contributed by atoms with E-state index in [1.807, 2.05) is 0 Å². The van der Waals surface area contributed by atoms with Gasteiger partial charge in [0.15, 0.2) is 0 Å². The highest BCUT2D eigenvalue weighted by molar-refractivity contribution is 6.05. The fraction of sp³-hybridized carbons (Fsp3) is 0.333. The monoisotopic (exact) mass is 434 g/mol. The topological polar surface area (TPSA) is 79.5 Å². The number of alkyl halides is 3. The number of H-pyrrole nitrogens is 1. The third-order valence-corrected chi connectivity index (χ3v) is 5.29. The van der Waals surface area contributed by atoms with Crippen molar-refractivity contribution in [3.63, 3.8) is 0 Å². The Morgan fingerprint density at radius 3 is 2.65 bits per heavy atom. The zero-order valence-corrected chi connectivity index (χ0v) is 17.0. The SMILES string of the molecule is CNc1c(C(F)(F)F)cnc2[nH]cc(-c3ccc(C(=O)N4CCOCC4)cc3OC)c12. The van der Waals surface area contributed by atoms with E-state index in [9.17, 15) is 18.0 Å². The summed E-state index contributed by atoms with van der Waals surface area (Å²) in [5, 5.41) is 2.95. The van der Waals surface area contributed by atoms with Gasteiger partial charge < -0.3 is 24.7 Å². The number of anilines is 1. The van der Waals surface area contributed by atoms with E-state index in [-0.39, 0.29) is 11.6 Å². The number of fused-ring (bicyclic) bond motifs is 1. The highest BCUT2D eigenvalue weighted by Crippen LogP contribution is 2.43. The van der Waals surface area contributed by atoms with Gasteiger partial charge in [-0.2, -0.15) is 13.2 Å². The van der Waals surface area contributed by atoms with Gasteiger partial charge in [0.1, 0.15) is 11.4 Å². The number of halogens is 3. The first-order valence-electron chi connectivity index (χ1n) is 9.65. The molecule has 7 nitrogen and oxygen atoms in total. The van der Waals surface area contributed by atoms with Crippen LogP contribution in [-0.4, -0.2) is 61.2 Å². The van der Waals surface area contributed by atoms with Crippen LogP contribution in [0.3, 0.4) is 0 Å². The molecule has 0 radical (unpaired) electrons. The molecule has 1 saturated heterocycles. The Balaban J connectivity index is 1.81. The third-order valence-electron chi connectivity index (χ3n) is 5.29. The zero-order valence-electron chi connectivity index (χ0n) is 17.0. The minimum Gasteiger partial charge on any atom is -0.496 e. The largest absolute Gasteiger partial charge is 0.496 e. The number of hydrogen-bond donors (Lipinski definition) is 2. The number of benzene rings is 1. The van der Waals surface area contributed by atoms with Gasteiger partial charge in [0, 0.05) is 49.2 Å². The van der Waals surface area contributed by atoms with Gasteiger partial charge in [0.25, 0.3) is 5.91 Å². The molecule has 1 amide bonds. The molecule has 0 saturated carbocycles. The molecule has 3 aromatic rings. The maximum Gasteiger partial charge on any atom is 0.419 e. The maximum absolute atomic E-state index is 13.5. The van der Waals surface area contributed by atoms with Gasteiger partial charge in [-0.05, 0) is 18.2 Å². The number of nitrogens with one attached hydrogen (secondary N) is 2. The number of carbonyl (C=O) groups is 1. The van der Waals surface area contributed by atoms with Crippen LogP contribution in [0.2, 0.25) is 0 Å². The van der Waals surface area contributed by atoms with Crippen molar-refractivity contribution in [1.29, 1.82) is 0 Å². The molecular formula is C21H21F3N4O3.